The van der Waals surface area contributed by atoms with Crippen molar-refractivity contribution in [2.24, 2.45) is 0 Å². The SMILES string of the molecule is c1ccc(-c2cccc(-c3nc(-c4ccccc4)nc(-n4c5ccccc5c5cc(-c6ccc7c(c6)c6ccccc6n7-c6ccccc6)ccc54)n3)c2)cc1.c1ccc(-n2c3ccccc3c3cc(-c4ccc5c(c4)c4ccccc4n5-c4nccc(-c5cccc6c5sc5ccccc56)n4)ccc32)cc1. The van der Waals surface area contributed by atoms with Gasteiger partial charge < -0.3 is 9.13 Å². The Morgan fingerprint density at radius 3 is 1.09 bits per heavy atom. The van der Waals surface area contributed by atoms with Crippen molar-refractivity contribution in [3.63, 3.8) is 0 Å². The third kappa shape index (κ3) is 10.4. The van der Waals surface area contributed by atoms with E-state index in [2.05, 4.69) is 352 Å². The molecule has 107 heavy (non-hydrogen) atoms. The Hall–Kier alpha value is -14.2. The van der Waals surface area contributed by atoms with Crippen LogP contribution >= 0.6 is 11.3 Å². The molecule has 0 unspecified atom stereocenters. The fourth-order valence-corrected chi connectivity index (χ4v) is 17.3. The summed E-state index contributed by atoms with van der Waals surface area (Å²) in [4.78, 5) is 25.5. The van der Waals surface area contributed by atoms with Crippen molar-refractivity contribution in [1.29, 1.82) is 0 Å². The highest BCUT2D eigenvalue weighted by Gasteiger charge is 2.23. The lowest BCUT2D eigenvalue weighted by Gasteiger charge is -2.12. The molecule has 0 fully saturated rings. The Morgan fingerprint density at radius 2 is 0.579 bits per heavy atom. The van der Waals surface area contributed by atoms with E-state index >= 15 is 0 Å². The molecular formula is C97H61N9S. The topological polar surface area (TPSA) is 84.2 Å². The van der Waals surface area contributed by atoms with Crippen LogP contribution in [0.15, 0.2) is 370 Å². The molecule has 0 aliphatic heterocycles. The molecule has 0 aliphatic rings. The number of nitrogens with zero attached hydrogens (tertiary/aromatic N) is 9. The van der Waals surface area contributed by atoms with E-state index in [-0.39, 0.29) is 0 Å². The molecule has 0 N–H and O–H groups in total. The van der Waals surface area contributed by atoms with Crippen LogP contribution in [0, 0.1) is 0 Å². The number of thiophene rings is 1. The van der Waals surface area contributed by atoms with E-state index in [1.54, 1.807) is 0 Å². The maximum atomic E-state index is 5.23. The molecule has 22 rings (SSSR count). The van der Waals surface area contributed by atoms with E-state index in [9.17, 15) is 0 Å². The maximum absolute atomic E-state index is 5.23. The average molecular weight is 1380 g/mol. The first-order valence-corrected chi connectivity index (χ1v) is 36.8. The summed E-state index contributed by atoms with van der Waals surface area (Å²) in [5.41, 5.74) is 22.2. The Labute approximate surface area is 618 Å². The van der Waals surface area contributed by atoms with Crippen molar-refractivity contribution >= 4 is 119 Å². The second-order valence-corrected chi connectivity index (χ2v) is 28.2. The highest BCUT2D eigenvalue weighted by atomic mass is 32.1. The number of rotatable bonds is 10. The quantitative estimate of drug-likeness (QED) is 0.136. The molecule has 0 amide bonds. The van der Waals surface area contributed by atoms with Crippen LogP contribution in [0.1, 0.15) is 0 Å². The van der Waals surface area contributed by atoms with Gasteiger partial charge >= 0.3 is 0 Å². The standard InChI is InChI=1S/C51H33N5.C46H28N4S/c1-4-15-34(16-5-1)36-19-14-20-39(31-36)50-52-49(35-17-6-2-7-18-35)53-51(54-50)56-46-26-13-11-24-42(46)44-33-38(28-30-48(44)56)37-27-29-47-43(32-37)41-23-10-12-25-45(41)55(47)40-21-8-3-9-22-40;1-2-11-31(12-3-1)49-40-18-7-4-13-32(40)37-27-29(21-23-42(37)49)30-22-24-43-38(28-30)33-14-5-8-19-41(33)50(43)46-47-26-25-39(48-46)36-17-10-16-35-34-15-6-9-20-44(34)51-45(35)36/h1-33H;1-28H. The molecule has 22 aromatic rings. The molecule has 15 aromatic carbocycles. The summed E-state index contributed by atoms with van der Waals surface area (Å²) < 4.78 is 11.6. The average Bonchev–Trinajstić information content (AvgIpc) is 1.57. The summed E-state index contributed by atoms with van der Waals surface area (Å²) in [5.74, 6) is 2.49. The van der Waals surface area contributed by atoms with Crippen molar-refractivity contribution < 1.29 is 0 Å². The van der Waals surface area contributed by atoms with Gasteiger partial charge in [-0.25, -0.2) is 15.0 Å². The van der Waals surface area contributed by atoms with E-state index in [0.717, 1.165) is 83.3 Å². The molecule has 0 atom stereocenters. The van der Waals surface area contributed by atoms with Crippen LogP contribution in [0.4, 0.5) is 0 Å². The minimum absolute atomic E-state index is 0.577. The zero-order valence-corrected chi connectivity index (χ0v) is 58.5. The number of hydrogen-bond donors (Lipinski definition) is 0. The van der Waals surface area contributed by atoms with Crippen LogP contribution in [-0.4, -0.2) is 43.2 Å². The van der Waals surface area contributed by atoms with Gasteiger partial charge in [-0.3, -0.25) is 9.13 Å². The minimum atomic E-state index is 0.577. The Balaban J connectivity index is 0.000000138. The zero-order valence-electron chi connectivity index (χ0n) is 57.7. The predicted octanol–water partition coefficient (Wildman–Crippen LogP) is 25.1. The molecule has 0 aliphatic carbocycles. The molecule has 0 saturated heterocycles. The smallest absolute Gasteiger partial charge is 0.238 e. The number of benzene rings is 15. The zero-order chi connectivity index (χ0) is 70.5. The lowest BCUT2D eigenvalue weighted by Crippen LogP contribution is -2.06. The van der Waals surface area contributed by atoms with Crippen molar-refractivity contribution in [2.45, 2.75) is 0 Å². The van der Waals surface area contributed by atoms with Gasteiger partial charge in [-0.05, 0) is 149 Å². The number of para-hydroxylation sites is 6. The summed E-state index contributed by atoms with van der Waals surface area (Å²) in [7, 11) is 0. The van der Waals surface area contributed by atoms with Gasteiger partial charge in [0.2, 0.25) is 11.9 Å². The highest BCUT2D eigenvalue weighted by molar-refractivity contribution is 7.26. The maximum Gasteiger partial charge on any atom is 0.238 e. The van der Waals surface area contributed by atoms with Gasteiger partial charge in [-0.2, -0.15) is 9.97 Å². The Kier molecular flexibility index (Phi) is 14.6. The monoisotopic (exact) mass is 1380 g/mol. The molecule has 0 spiro atoms. The first-order chi connectivity index (χ1) is 53.1. The Bertz CT molecular complexity index is 7250. The van der Waals surface area contributed by atoms with Crippen molar-refractivity contribution in [3.05, 3.63) is 370 Å². The lowest BCUT2D eigenvalue weighted by molar-refractivity contribution is 0.953. The van der Waals surface area contributed by atoms with Gasteiger partial charge in [0.25, 0.3) is 0 Å². The molecule has 500 valence electrons. The normalized spacial score (nSPS) is 11.7. The second kappa shape index (κ2) is 25.4. The summed E-state index contributed by atoms with van der Waals surface area (Å²) >= 11 is 1.82. The summed E-state index contributed by atoms with van der Waals surface area (Å²) in [5, 5.41) is 12.1. The number of fused-ring (bicyclic) bond motifs is 15. The fourth-order valence-electron chi connectivity index (χ4n) is 16.1. The molecule has 10 heteroatoms. The van der Waals surface area contributed by atoms with E-state index in [0.29, 0.717) is 23.5 Å². The van der Waals surface area contributed by atoms with Crippen LogP contribution in [-0.2, 0) is 0 Å². The van der Waals surface area contributed by atoms with Crippen LogP contribution in [0.3, 0.4) is 0 Å². The van der Waals surface area contributed by atoms with Crippen LogP contribution < -0.4 is 0 Å². The van der Waals surface area contributed by atoms with Crippen LogP contribution in [0.25, 0.3) is 198 Å². The molecular weight excluding hydrogens is 1320 g/mol. The number of aromatic nitrogens is 9. The van der Waals surface area contributed by atoms with E-state index in [1.165, 1.54) is 91.2 Å². The third-order valence-corrected chi connectivity index (χ3v) is 22.2. The van der Waals surface area contributed by atoms with Crippen LogP contribution in [0.2, 0.25) is 0 Å². The summed E-state index contributed by atoms with van der Waals surface area (Å²) in [6.07, 6.45) is 1.89. The minimum Gasteiger partial charge on any atom is -0.309 e. The largest absolute Gasteiger partial charge is 0.309 e. The van der Waals surface area contributed by atoms with E-state index in [1.807, 2.05) is 47.9 Å². The first kappa shape index (κ1) is 61.5. The third-order valence-electron chi connectivity index (χ3n) is 21.0. The number of hydrogen-bond acceptors (Lipinski definition) is 6. The molecule has 0 bridgehead atoms. The molecule has 7 heterocycles. The van der Waals surface area contributed by atoms with Gasteiger partial charge in [-0.15, -0.1) is 11.3 Å². The van der Waals surface area contributed by atoms with Gasteiger partial charge in [0.05, 0.1) is 49.8 Å². The molecule has 0 radical (unpaired) electrons. The molecule has 0 saturated carbocycles. The highest BCUT2D eigenvalue weighted by Crippen LogP contribution is 2.44. The first-order valence-electron chi connectivity index (χ1n) is 36.0. The van der Waals surface area contributed by atoms with Crippen LogP contribution in [0.5, 0.6) is 0 Å². The van der Waals surface area contributed by atoms with Crippen molar-refractivity contribution in [1.82, 2.24) is 43.2 Å². The van der Waals surface area contributed by atoms with Gasteiger partial charge in [0.1, 0.15) is 0 Å². The molecule has 7 aromatic heterocycles. The van der Waals surface area contributed by atoms with Crippen molar-refractivity contribution in [2.75, 3.05) is 0 Å². The van der Waals surface area contributed by atoms with Gasteiger partial charge in [0, 0.05) is 97.5 Å². The second-order valence-electron chi connectivity index (χ2n) is 27.1. The van der Waals surface area contributed by atoms with Gasteiger partial charge in [-0.1, -0.05) is 249 Å². The predicted molar refractivity (Wildman–Crippen MR) is 445 cm³/mol. The lowest BCUT2D eigenvalue weighted by atomic mass is 10.0. The fraction of sp³-hybridized carbons (Fsp3) is 0. The van der Waals surface area contributed by atoms with E-state index < -0.39 is 0 Å². The summed E-state index contributed by atoms with van der Waals surface area (Å²) in [6, 6.07) is 129. The van der Waals surface area contributed by atoms with E-state index in [4.69, 9.17) is 24.9 Å². The summed E-state index contributed by atoms with van der Waals surface area (Å²) in [6.45, 7) is 0. The molecule has 9 nitrogen and oxygen atoms in total. The van der Waals surface area contributed by atoms with Crippen molar-refractivity contribution in [3.8, 4) is 90.7 Å². The Morgan fingerprint density at radius 1 is 0.215 bits per heavy atom. The van der Waals surface area contributed by atoms with Gasteiger partial charge in [0.15, 0.2) is 11.6 Å².